The molecule has 0 spiro atoms. The zero-order valence-corrected chi connectivity index (χ0v) is 8.19. The third kappa shape index (κ3) is 3.70. The molecule has 0 bridgehead atoms. The van der Waals surface area contributed by atoms with Gasteiger partial charge in [-0.05, 0) is 18.4 Å². The quantitative estimate of drug-likeness (QED) is 0.146. The van der Waals surface area contributed by atoms with E-state index in [1.165, 1.54) is 6.21 Å². The van der Waals surface area contributed by atoms with Crippen LogP contribution in [0.2, 0.25) is 0 Å². The van der Waals surface area contributed by atoms with E-state index in [0.29, 0.717) is 12.4 Å². The first kappa shape index (κ1) is 11.1. The van der Waals surface area contributed by atoms with Crippen LogP contribution in [0.4, 0.5) is 0 Å². The molecular weight excluding hydrogens is 196 g/mol. The van der Waals surface area contributed by atoms with Crippen molar-refractivity contribution in [3.8, 4) is 0 Å². The highest BCUT2D eigenvalue weighted by Crippen LogP contribution is 1.99. The Hall–Kier alpha value is -2.01. The van der Waals surface area contributed by atoms with Gasteiger partial charge >= 0.3 is 0 Å². The Kier molecular flexibility index (Phi) is 4.75. The fraction of sp³-hybridized carbons (Fsp3) is 0.500. The topological polar surface area (TPSA) is 99.2 Å². The van der Waals surface area contributed by atoms with Crippen LogP contribution in [0.5, 0.6) is 0 Å². The van der Waals surface area contributed by atoms with Crippen molar-refractivity contribution in [3.05, 3.63) is 28.7 Å². The summed E-state index contributed by atoms with van der Waals surface area (Å²) in [5.41, 5.74) is 8.06. The predicted molar refractivity (Wildman–Crippen MR) is 54.9 cm³/mol. The molecule has 0 aliphatic heterocycles. The number of nitrogens with zero attached hydrogens (tertiary/aromatic N) is 6. The molecule has 0 aromatic carbocycles. The van der Waals surface area contributed by atoms with Gasteiger partial charge in [-0.1, -0.05) is 10.3 Å². The highest BCUT2D eigenvalue weighted by molar-refractivity contribution is 5.74. The second-order valence-corrected chi connectivity index (χ2v) is 2.88. The van der Waals surface area contributed by atoms with Gasteiger partial charge in [-0.25, -0.2) is 4.98 Å². The molecule has 0 amide bonds. The number of hydrogen-bond acceptors (Lipinski definition) is 4. The fourth-order valence-electron chi connectivity index (χ4n) is 1.20. The molecule has 0 saturated heterocycles. The summed E-state index contributed by atoms with van der Waals surface area (Å²) >= 11 is 0. The van der Waals surface area contributed by atoms with Crippen LogP contribution in [-0.4, -0.2) is 27.5 Å². The number of rotatable bonds is 6. The van der Waals surface area contributed by atoms with Gasteiger partial charge in [0.25, 0.3) is 0 Å². The van der Waals surface area contributed by atoms with Gasteiger partial charge in [-0.2, -0.15) is 0 Å². The van der Waals surface area contributed by atoms with E-state index in [0.717, 1.165) is 19.4 Å². The summed E-state index contributed by atoms with van der Waals surface area (Å²) in [5, 5.41) is 14.7. The van der Waals surface area contributed by atoms with Gasteiger partial charge in [0.2, 0.25) is 0 Å². The number of aryl methyl sites for hydroxylation is 1. The smallest absolute Gasteiger partial charge is 0.154 e. The van der Waals surface area contributed by atoms with Crippen LogP contribution in [0.1, 0.15) is 18.7 Å². The molecule has 7 nitrogen and oxygen atoms in total. The molecule has 80 valence electrons. The van der Waals surface area contributed by atoms with Crippen LogP contribution in [0, 0.1) is 0 Å². The lowest BCUT2D eigenvalue weighted by molar-refractivity contribution is 0.321. The van der Waals surface area contributed by atoms with E-state index in [1.54, 1.807) is 6.20 Å². The normalized spacial score (nSPS) is 10.4. The van der Waals surface area contributed by atoms with Gasteiger partial charge in [0.15, 0.2) is 5.82 Å². The minimum atomic E-state index is 0.509. The summed E-state index contributed by atoms with van der Waals surface area (Å²) < 4.78 is 1.87. The van der Waals surface area contributed by atoms with Crippen LogP contribution < -0.4 is 0 Å². The molecule has 0 unspecified atom stereocenters. The molecule has 1 aromatic heterocycles. The highest BCUT2D eigenvalue weighted by atomic mass is 16.4. The summed E-state index contributed by atoms with van der Waals surface area (Å²) in [7, 11) is 0. The van der Waals surface area contributed by atoms with Crippen LogP contribution in [-0.2, 0) is 6.54 Å². The van der Waals surface area contributed by atoms with Crippen molar-refractivity contribution >= 4 is 6.21 Å². The van der Waals surface area contributed by atoms with E-state index in [2.05, 4.69) is 20.2 Å². The summed E-state index contributed by atoms with van der Waals surface area (Å²) in [6, 6.07) is 0. The summed E-state index contributed by atoms with van der Waals surface area (Å²) in [6.07, 6.45) is 6.46. The minimum Gasteiger partial charge on any atom is -0.411 e. The lowest BCUT2D eigenvalue weighted by atomic mass is 10.3. The van der Waals surface area contributed by atoms with E-state index in [-0.39, 0.29) is 0 Å². The van der Waals surface area contributed by atoms with Crippen molar-refractivity contribution in [1.82, 2.24) is 9.55 Å². The Morgan fingerprint density at radius 1 is 1.60 bits per heavy atom. The van der Waals surface area contributed by atoms with Gasteiger partial charge < -0.3 is 9.77 Å². The van der Waals surface area contributed by atoms with E-state index in [4.69, 9.17) is 10.7 Å². The SMILES string of the molecule is [N-]=[N+]=NCCCCn1ccnc1/C=N/O. The number of unbranched alkanes of at least 4 members (excludes halogenated alkanes) is 1. The summed E-state index contributed by atoms with van der Waals surface area (Å²) in [4.78, 5) is 6.66. The molecule has 1 rings (SSSR count). The number of hydrogen-bond donors (Lipinski definition) is 1. The molecule has 1 N–H and O–H groups in total. The van der Waals surface area contributed by atoms with Crippen molar-refractivity contribution in [2.45, 2.75) is 19.4 Å². The van der Waals surface area contributed by atoms with Gasteiger partial charge in [0.1, 0.15) is 6.21 Å². The molecule has 0 aliphatic carbocycles. The summed E-state index contributed by atoms with van der Waals surface area (Å²) in [5.74, 6) is 0.612. The fourth-order valence-corrected chi connectivity index (χ4v) is 1.20. The third-order valence-corrected chi connectivity index (χ3v) is 1.89. The van der Waals surface area contributed by atoms with Gasteiger partial charge in [-0.15, -0.1) is 0 Å². The largest absolute Gasteiger partial charge is 0.411 e. The lowest BCUT2D eigenvalue weighted by Gasteiger charge is -2.02. The number of aromatic nitrogens is 2. The maximum atomic E-state index is 8.36. The Labute approximate surface area is 86.7 Å². The Bertz CT molecular complexity index is 365. The monoisotopic (exact) mass is 208 g/mol. The highest BCUT2D eigenvalue weighted by Gasteiger charge is 1.98. The Morgan fingerprint density at radius 2 is 2.47 bits per heavy atom. The zero-order chi connectivity index (χ0) is 10.9. The Balaban J connectivity index is 2.36. The molecule has 0 radical (unpaired) electrons. The zero-order valence-electron chi connectivity index (χ0n) is 8.19. The van der Waals surface area contributed by atoms with E-state index in [1.807, 2.05) is 10.8 Å². The number of azide groups is 1. The van der Waals surface area contributed by atoms with Crippen molar-refractivity contribution in [1.29, 1.82) is 0 Å². The summed E-state index contributed by atoms with van der Waals surface area (Å²) in [6.45, 7) is 1.27. The Morgan fingerprint density at radius 3 is 3.20 bits per heavy atom. The molecule has 0 atom stereocenters. The molecule has 0 saturated carbocycles. The average molecular weight is 208 g/mol. The first-order valence-electron chi connectivity index (χ1n) is 4.58. The van der Waals surface area contributed by atoms with Crippen molar-refractivity contribution < 1.29 is 5.21 Å². The van der Waals surface area contributed by atoms with Crippen molar-refractivity contribution in [3.63, 3.8) is 0 Å². The minimum absolute atomic E-state index is 0.509. The van der Waals surface area contributed by atoms with Gasteiger partial charge in [-0.3, -0.25) is 0 Å². The maximum Gasteiger partial charge on any atom is 0.154 e. The molecule has 15 heavy (non-hydrogen) atoms. The predicted octanol–water partition coefficient (Wildman–Crippen LogP) is 1.78. The standard InChI is InChI=1S/C8H12N6O/c9-13-11-3-1-2-5-14-6-4-10-8(14)7-12-15/h4,6-7,15H,1-3,5H2/b12-7+. The first-order chi connectivity index (χ1) is 7.38. The molecule has 7 heteroatoms. The van der Waals surface area contributed by atoms with Crippen LogP contribution in [0.3, 0.4) is 0 Å². The van der Waals surface area contributed by atoms with Crippen LogP contribution >= 0.6 is 0 Å². The van der Waals surface area contributed by atoms with Crippen molar-refractivity contribution in [2.24, 2.45) is 10.3 Å². The maximum absolute atomic E-state index is 8.36. The average Bonchev–Trinajstić information content (AvgIpc) is 2.66. The molecule has 0 aliphatic rings. The molecular formula is C8H12N6O. The van der Waals surface area contributed by atoms with E-state index >= 15 is 0 Å². The second-order valence-electron chi connectivity index (χ2n) is 2.88. The molecule has 1 aromatic rings. The molecule has 0 fully saturated rings. The number of imidazole rings is 1. The lowest BCUT2D eigenvalue weighted by Crippen LogP contribution is -2.02. The number of oxime groups is 1. The third-order valence-electron chi connectivity index (χ3n) is 1.89. The molecule has 1 heterocycles. The van der Waals surface area contributed by atoms with Crippen LogP contribution in [0.15, 0.2) is 22.7 Å². The van der Waals surface area contributed by atoms with Gasteiger partial charge in [0, 0.05) is 30.4 Å². The van der Waals surface area contributed by atoms with Crippen molar-refractivity contribution in [2.75, 3.05) is 6.54 Å². The van der Waals surface area contributed by atoms with E-state index in [9.17, 15) is 0 Å². The second kappa shape index (κ2) is 6.44. The van der Waals surface area contributed by atoms with Gasteiger partial charge in [0.05, 0.1) is 0 Å². The van der Waals surface area contributed by atoms with Crippen LogP contribution in [0.25, 0.3) is 10.4 Å². The first-order valence-corrected chi connectivity index (χ1v) is 4.58. The van der Waals surface area contributed by atoms with E-state index < -0.39 is 0 Å².